The number of β-amino-alcohol motifs (C(OH)–C–C–N with tert-alkyl or cyclic N) is 1. The first-order valence-electron chi connectivity index (χ1n) is 9.20. The number of anilines is 2. The van der Waals surface area contributed by atoms with Gasteiger partial charge < -0.3 is 25.8 Å². The van der Waals surface area contributed by atoms with Crippen molar-refractivity contribution in [1.29, 1.82) is 0 Å². The number of hydrogen-bond acceptors (Lipinski definition) is 5. The summed E-state index contributed by atoms with van der Waals surface area (Å²) in [5.74, 6) is 0.389. The number of aliphatic hydroxyl groups is 1. The molecule has 0 spiro atoms. The lowest BCUT2D eigenvalue weighted by Crippen LogP contribution is -2.49. The van der Waals surface area contributed by atoms with E-state index in [9.17, 15) is 14.3 Å². The Morgan fingerprint density at radius 3 is 2.46 bits per heavy atom. The molecule has 28 heavy (non-hydrogen) atoms. The lowest BCUT2D eigenvalue weighted by atomic mass is 10.2. The van der Waals surface area contributed by atoms with E-state index >= 15 is 0 Å². The Bertz CT molecular complexity index is 779. The Morgan fingerprint density at radius 2 is 1.82 bits per heavy atom. The predicted molar refractivity (Wildman–Crippen MR) is 106 cm³/mol. The van der Waals surface area contributed by atoms with Crippen LogP contribution in [0.3, 0.4) is 0 Å². The highest BCUT2D eigenvalue weighted by Gasteiger charge is 2.21. The van der Waals surface area contributed by atoms with Crippen molar-refractivity contribution in [3.8, 4) is 5.75 Å². The summed E-state index contributed by atoms with van der Waals surface area (Å²) in [6.07, 6.45) is -0.636. The number of nitrogens with two attached hydrogens (primary N) is 1. The lowest BCUT2D eigenvalue weighted by Gasteiger charge is -2.36. The summed E-state index contributed by atoms with van der Waals surface area (Å²) < 4.78 is 19.5. The number of rotatable bonds is 7. The van der Waals surface area contributed by atoms with E-state index in [1.807, 2.05) is 11.0 Å². The summed E-state index contributed by atoms with van der Waals surface area (Å²) in [5.41, 5.74) is 6.26. The van der Waals surface area contributed by atoms with Crippen LogP contribution in [-0.4, -0.2) is 61.5 Å². The van der Waals surface area contributed by atoms with Gasteiger partial charge in [0.05, 0.1) is 5.69 Å². The normalized spacial score (nSPS) is 15.9. The number of ether oxygens (including phenoxy) is 1. The van der Waals surface area contributed by atoms with Crippen LogP contribution in [0.5, 0.6) is 5.75 Å². The Hall–Kier alpha value is -2.84. The van der Waals surface area contributed by atoms with Gasteiger partial charge in [-0.1, -0.05) is 12.1 Å². The molecule has 1 fully saturated rings. The van der Waals surface area contributed by atoms with Gasteiger partial charge in [-0.25, -0.2) is 9.18 Å². The summed E-state index contributed by atoms with van der Waals surface area (Å²) in [5, 5.41) is 12.7. The maximum absolute atomic E-state index is 13.9. The topological polar surface area (TPSA) is 91.1 Å². The van der Waals surface area contributed by atoms with Crippen molar-refractivity contribution >= 4 is 17.4 Å². The van der Waals surface area contributed by atoms with Crippen molar-refractivity contribution in [2.45, 2.75) is 6.10 Å². The SMILES string of the molecule is NC(=O)Nc1ccc(OC[C@@H](O)CN2CCN(c3ccccc3F)CC2)cc1. The molecule has 0 unspecified atom stereocenters. The molecule has 1 aliphatic rings. The first-order valence-corrected chi connectivity index (χ1v) is 9.20. The van der Waals surface area contributed by atoms with Crippen LogP contribution in [0.2, 0.25) is 0 Å². The fourth-order valence-electron chi connectivity index (χ4n) is 3.20. The first-order chi connectivity index (χ1) is 13.5. The number of carbonyl (C=O) groups is 1. The molecule has 0 aliphatic carbocycles. The molecule has 4 N–H and O–H groups in total. The molecular formula is C20H25FN4O3. The molecular weight excluding hydrogens is 363 g/mol. The number of benzene rings is 2. The van der Waals surface area contributed by atoms with Crippen LogP contribution < -0.4 is 20.7 Å². The quantitative estimate of drug-likeness (QED) is 0.674. The number of primary amides is 1. The standard InChI is InChI=1S/C20H25FN4O3/c21-18-3-1-2-4-19(18)25-11-9-24(10-12-25)13-16(26)14-28-17-7-5-15(6-8-17)23-20(22)27/h1-8,16,26H,9-14H2,(H3,22,23,27)/t16-/m0/s1. The number of nitrogens with zero attached hydrogens (tertiary/aromatic N) is 2. The third-order valence-corrected chi connectivity index (χ3v) is 4.60. The zero-order valence-corrected chi connectivity index (χ0v) is 15.6. The molecule has 1 heterocycles. The molecule has 0 radical (unpaired) electrons. The van der Waals surface area contributed by atoms with Gasteiger partial charge in [-0.15, -0.1) is 0 Å². The number of hydrogen-bond donors (Lipinski definition) is 3. The van der Waals surface area contributed by atoms with E-state index in [0.29, 0.717) is 36.8 Å². The van der Waals surface area contributed by atoms with Gasteiger partial charge in [0.1, 0.15) is 24.3 Å². The van der Waals surface area contributed by atoms with Gasteiger partial charge >= 0.3 is 6.03 Å². The van der Waals surface area contributed by atoms with Crippen molar-refractivity contribution in [3.05, 3.63) is 54.3 Å². The van der Waals surface area contributed by atoms with Crippen LogP contribution in [0.15, 0.2) is 48.5 Å². The van der Waals surface area contributed by atoms with Crippen LogP contribution in [0.4, 0.5) is 20.6 Å². The molecule has 0 saturated carbocycles. The van der Waals surface area contributed by atoms with E-state index in [1.165, 1.54) is 6.07 Å². The Morgan fingerprint density at radius 1 is 1.14 bits per heavy atom. The van der Waals surface area contributed by atoms with Crippen molar-refractivity contribution in [2.24, 2.45) is 5.73 Å². The van der Waals surface area contributed by atoms with Gasteiger partial charge in [0.2, 0.25) is 0 Å². The van der Waals surface area contributed by atoms with E-state index in [4.69, 9.17) is 10.5 Å². The molecule has 8 heteroatoms. The molecule has 2 aromatic rings. The fourth-order valence-corrected chi connectivity index (χ4v) is 3.20. The highest BCUT2D eigenvalue weighted by molar-refractivity contribution is 5.87. The van der Waals surface area contributed by atoms with E-state index in [1.54, 1.807) is 36.4 Å². The van der Waals surface area contributed by atoms with E-state index in [0.717, 1.165) is 13.1 Å². The second-order valence-corrected chi connectivity index (χ2v) is 6.72. The third kappa shape index (κ3) is 5.58. The van der Waals surface area contributed by atoms with Crippen LogP contribution in [0.1, 0.15) is 0 Å². The Balaban J connectivity index is 1.40. The minimum atomic E-state index is -0.636. The van der Waals surface area contributed by atoms with Crippen molar-refractivity contribution < 1.29 is 19.0 Å². The van der Waals surface area contributed by atoms with Crippen molar-refractivity contribution in [3.63, 3.8) is 0 Å². The van der Waals surface area contributed by atoms with Crippen LogP contribution in [0.25, 0.3) is 0 Å². The highest BCUT2D eigenvalue weighted by atomic mass is 19.1. The monoisotopic (exact) mass is 388 g/mol. The minimum absolute atomic E-state index is 0.163. The highest BCUT2D eigenvalue weighted by Crippen LogP contribution is 2.20. The second kappa shape index (κ2) is 9.38. The van der Waals surface area contributed by atoms with Crippen LogP contribution in [-0.2, 0) is 0 Å². The first kappa shape index (κ1) is 19.9. The number of aliphatic hydroxyl groups excluding tert-OH is 1. The molecule has 1 atom stereocenters. The summed E-state index contributed by atoms with van der Waals surface area (Å²) >= 11 is 0. The van der Waals surface area contributed by atoms with E-state index in [-0.39, 0.29) is 12.4 Å². The number of halogens is 1. The molecule has 150 valence electrons. The molecule has 1 aliphatic heterocycles. The maximum Gasteiger partial charge on any atom is 0.316 e. The lowest BCUT2D eigenvalue weighted by molar-refractivity contribution is 0.0663. The fraction of sp³-hybridized carbons (Fsp3) is 0.350. The smallest absolute Gasteiger partial charge is 0.316 e. The maximum atomic E-state index is 13.9. The van der Waals surface area contributed by atoms with Crippen LogP contribution in [0, 0.1) is 5.82 Å². The number of para-hydroxylation sites is 1. The van der Waals surface area contributed by atoms with Crippen molar-refractivity contribution in [1.82, 2.24) is 4.90 Å². The Kier molecular flexibility index (Phi) is 6.67. The van der Waals surface area contributed by atoms with Crippen LogP contribution >= 0.6 is 0 Å². The number of carbonyl (C=O) groups excluding carboxylic acids is 1. The van der Waals surface area contributed by atoms with Gasteiger partial charge in [0.15, 0.2) is 0 Å². The van der Waals surface area contributed by atoms with Crippen molar-refractivity contribution in [2.75, 3.05) is 49.5 Å². The number of nitrogens with one attached hydrogen (secondary N) is 1. The molecule has 3 rings (SSSR count). The third-order valence-electron chi connectivity index (χ3n) is 4.60. The average molecular weight is 388 g/mol. The summed E-state index contributed by atoms with van der Waals surface area (Å²) in [7, 11) is 0. The molecule has 2 aromatic carbocycles. The van der Waals surface area contributed by atoms with Gasteiger partial charge in [0, 0.05) is 38.4 Å². The predicted octanol–water partition coefficient (Wildman–Crippen LogP) is 1.88. The van der Waals surface area contributed by atoms with Gasteiger partial charge in [-0.3, -0.25) is 4.90 Å². The van der Waals surface area contributed by atoms with E-state index < -0.39 is 12.1 Å². The summed E-state index contributed by atoms with van der Waals surface area (Å²) in [6, 6.07) is 12.9. The molecule has 0 bridgehead atoms. The van der Waals surface area contributed by atoms with Gasteiger partial charge in [0.25, 0.3) is 0 Å². The molecule has 2 amide bonds. The minimum Gasteiger partial charge on any atom is -0.491 e. The molecule has 7 nitrogen and oxygen atoms in total. The molecule has 0 aromatic heterocycles. The average Bonchev–Trinajstić information content (AvgIpc) is 2.68. The van der Waals surface area contributed by atoms with E-state index in [2.05, 4.69) is 10.2 Å². The van der Waals surface area contributed by atoms with Gasteiger partial charge in [-0.05, 0) is 36.4 Å². The van der Waals surface area contributed by atoms with Gasteiger partial charge in [-0.2, -0.15) is 0 Å². The Labute approximate surface area is 163 Å². The number of urea groups is 1. The number of piperazine rings is 1. The largest absolute Gasteiger partial charge is 0.491 e. The summed E-state index contributed by atoms with van der Waals surface area (Å²) in [4.78, 5) is 15.0. The molecule has 1 saturated heterocycles. The summed E-state index contributed by atoms with van der Waals surface area (Å²) in [6.45, 7) is 3.58. The zero-order valence-electron chi connectivity index (χ0n) is 15.6. The second-order valence-electron chi connectivity index (χ2n) is 6.72. The number of amides is 2. The zero-order chi connectivity index (χ0) is 19.9.